The van der Waals surface area contributed by atoms with E-state index >= 15 is 0 Å². The Morgan fingerprint density at radius 3 is 2.12 bits per heavy atom. The molecule has 2 aromatic rings. The molecule has 0 aliphatic rings. The summed E-state index contributed by atoms with van der Waals surface area (Å²) in [5, 5.41) is 0. The summed E-state index contributed by atoms with van der Waals surface area (Å²) >= 11 is 0. The predicted octanol–water partition coefficient (Wildman–Crippen LogP) is 5.20. The van der Waals surface area contributed by atoms with Gasteiger partial charge in [0, 0.05) is 18.8 Å². The van der Waals surface area contributed by atoms with Crippen LogP contribution in [0.3, 0.4) is 0 Å². The number of unbranched alkanes of at least 4 members (excludes halogenated alkanes) is 2. The molecule has 0 fully saturated rings. The number of nitrogens with one attached hydrogen (secondary N) is 1. The number of benzene rings is 2. The largest absolute Gasteiger partial charge is 0.370 e. The maximum absolute atomic E-state index is 13.0. The highest BCUT2D eigenvalue weighted by atomic mass is 32.2. The second-order valence-electron chi connectivity index (χ2n) is 6.64. The molecule has 0 saturated heterocycles. The van der Waals surface area contributed by atoms with Crippen LogP contribution in [-0.2, 0) is 10.0 Å². The summed E-state index contributed by atoms with van der Waals surface area (Å²) in [5.74, 6) is 0. The lowest BCUT2D eigenvalue weighted by atomic mass is 10.2. The van der Waals surface area contributed by atoms with Crippen LogP contribution in [0.15, 0.2) is 53.4 Å². The number of sulfonamides is 1. The van der Waals surface area contributed by atoms with Gasteiger partial charge in [-0.2, -0.15) is 0 Å². The minimum Gasteiger partial charge on any atom is -0.370 e. The Morgan fingerprint density at radius 2 is 1.54 bits per heavy atom. The van der Waals surface area contributed by atoms with Crippen molar-refractivity contribution in [2.45, 2.75) is 51.3 Å². The Balaban J connectivity index is 2.41. The van der Waals surface area contributed by atoms with Gasteiger partial charge in [0.2, 0.25) is 0 Å². The van der Waals surface area contributed by atoms with Gasteiger partial charge < -0.3 is 4.90 Å². The lowest BCUT2D eigenvalue weighted by Gasteiger charge is -2.27. The van der Waals surface area contributed by atoms with Gasteiger partial charge in [0.15, 0.2) is 0 Å². The molecule has 0 atom stereocenters. The highest BCUT2D eigenvalue weighted by Crippen LogP contribution is 2.29. The van der Waals surface area contributed by atoms with Crippen LogP contribution in [0.1, 0.15) is 45.1 Å². The molecule has 0 aliphatic heterocycles. The molecule has 5 heteroatoms. The van der Waals surface area contributed by atoms with Crippen LogP contribution in [0.2, 0.25) is 0 Å². The van der Waals surface area contributed by atoms with E-state index in [0.717, 1.165) is 50.0 Å². The average Bonchev–Trinajstić information content (AvgIpc) is 2.62. The molecule has 2 aromatic carbocycles. The Bertz CT molecular complexity index is 781. The molecule has 1 N–H and O–H groups in total. The predicted molar refractivity (Wildman–Crippen MR) is 110 cm³/mol. The van der Waals surface area contributed by atoms with Crippen LogP contribution in [0.5, 0.6) is 0 Å². The third-order valence-electron chi connectivity index (χ3n) is 4.33. The molecule has 0 radical (unpaired) electrons. The van der Waals surface area contributed by atoms with Crippen molar-refractivity contribution in [2.24, 2.45) is 0 Å². The van der Waals surface area contributed by atoms with Crippen molar-refractivity contribution in [3.05, 3.63) is 54.1 Å². The summed E-state index contributed by atoms with van der Waals surface area (Å²) in [6.07, 6.45) is 4.25. The van der Waals surface area contributed by atoms with Crippen LogP contribution < -0.4 is 9.62 Å². The standard InChI is InChI=1S/C21H30N2O2S/c1-4-6-15-23(16-7-5-2)20-17-18(3)13-14-21(20)26(24,25)22-19-11-9-8-10-12-19/h8-14,17,22H,4-7,15-16H2,1-3H3. The van der Waals surface area contributed by atoms with E-state index in [1.165, 1.54) is 0 Å². The minimum absolute atomic E-state index is 0.346. The smallest absolute Gasteiger partial charge is 0.263 e. The Labute approximate surface area is 158 Å². The van der Waals surface area contributed by atoms with Crippen molar-refractivity contribution >= 4 is 21.4 Å². The fourth-order valence-electron chi connectivity index (χ4n) is 2.87. The normalized spacial score (nSPS) is 11.3. The minimum atomic E-state index is -3.65. The summed E-state index contributed by atoms with van der Waals surface area (Å²) in [6, 6.07) is 14.6. The average molecular weight is 375 g/mol. The zero-order valence-corrected chi connectivity index (χ0v) is 16.8. The summed E-state index contributed by atoms with van der Waals surface area (Å²) in [5.41, 5.74) is 2.44. The van der Waals surface area contributed by atoms with Crippen molar-refractivity contribution in [3.8, 4) is 0 Å². The first-order valence-electron chi connectivity index (χ1n) is 9.41. The van der Waals surface area contributed by atoms with E-state index in [0.29, 0.717) is 10.6 Å². The Hall–Kier alpha value is -2.01. The van der Waals surface area contributed by atoms with Gasteiger partial charge in [-0.3, -0.25) is 4.72 Å². The maximum atomic E-state index is 13.0. The highest BCUT2D eigenvalue weighted by Gasteiger charge is 2.22. The molecule has 0 bridgehead atoms. The fourth-order valence-corrected chi connectivity index (χ4v) is 4.14. The molecule has 4 nitrogen and oxygen atoms in total. The number of anilines is 2. The SMILES string of the molecule is CCCCN(CCCC)c1cc(C)ccc1S(=O)(=O)Nc1ccccc1. The summed E-state index contributed by atoms with van der Waals surface area (Å²) in [7, 11) is -3.65. The van der Waals surface area contributed by atoms with E-state index in [-0.39, 0.29) is 0 Å². The highest BCUT2D eigenvalue weighted by molar-refractivity contribution is 7.92. The first-order chi connectivity index (χ1) is 12.5. The van der Waals surface area contributed by atoms with Gasteiger partial charge in [0.1, 0.15) is 4.90 Å². The third-order valence-corrected chi connectivity index (χ3v) is 5.76. The second-order valence-corrected chi connectivity index (χ2v) is 8.29. The molecule has 0 aliphatic carbocycles. The van der Waals surface area contributed by atoms with E-state index in [2.05, 4.69) is 23.5 Å². The van der Waals surface area contributed by atoms with Crippen molar-refractivity contribution < 1.29 is 8.42 Å². The van der Waals surface area contributed by atoms with E-state index in [1.807, 2.05) is 37.3 Å². The number of hydrogen-bond donors (Lipinski definition) is 1. The monoisotopic (exact) mass is 374 g/mol. The molecule has 0 aromatic heterocycles. The van der Waals surface area contributed by atoms with E-state index < -0.39 is 10.0 Å². The Morgan fingerprint density at radius 1 is 0.923 bits per heavy atom. The van der Waals surface area contributed by atoms with Crippen molar-refractivity contribution in [2.75, 3.05) is 22.7 Å². The molecule has 26 heavy (non-hydrogen) atoms. The molecular formula is C21H30N2O2S. The fraction of sp³-hybridized carbons (Fsp3) is 0.429. The van der Waals surface area contributed by atoms with Gasteiger partial charge >= 0.3 is 0 Å². The lowest BCUT2D eigenvalue weighted by Crippen LogP contribution is -2.28. The molecule has 142 valence electrons. The number of aryl methyl sites for hydroxylation is 1. The summed E-state index contributed by atoms with van der Waals surface area (Å²) < 4.78 is 28.8. The van der Waals surface area contributed by atoms with Gasteiger partial charge in [-0.05, 0) is 49.6 Å². The van der Waals surface area contributed by atoms with Crippen molar-refractivity contribution in [1.29, 1.82) is 0 Å². The third kappa shape index (κ3) is 5.49. The van der Waals surface area contributed by atoms with Crippen LogP contribution in [0.25, 0.3) is 0 Å². The van der Waals surface area contributed by atoms with Gasteiger partial charge in [-0.15, -0.1) is 0 Å². The van der Waals surface area contributed by atoms with Gasteiger partial charge in [-0.25, -0.2) is 8.42 Å². The topological polar surface area (TPSA) is 49.4 Å². The molecule has 0 amide bonds. The van der Waals surface area contributed by atoms with Gasteiger partial charge in [0.05, 0.1) is 5.69 Å². The summed E-state index contributed by atoms with van der Waals surface area (Å²) in [6.45, 7) is 8.05. The first-order valence-corrected chi connectivity index (χ1v) is 10.9. The van der Waals surface area contributed by atoms with E-state index in [9.17, 15) is 8.42 Å². The zero-order valence-electron chi connectivity index (χ0n) is 16.0. The van der Waals surface area contributed by atoms with Crippen LogP contribution >= 0.6 is 0 Å². The van der Waals surface area contributed by atoms with Crippen LogP contribution in [0.4, 0.5) is 11.4 Å². The molecule has 0 spiro atoms. The summed E-state index contributed by atoms with van der Waals surface area (Å²) in [4.78, 5) is 2.57. The van der Waals surface area contributed by atoms with Crippen LogP contribution in [-0.4, -0.2) is 21.5 Å². The number of hydrogen-bond acceptors (Lipinski definition) is 3. The Kier molecular flexibility index (Phi) is 7.51. The molecule has 2 rings (SSSR count). The van der Waals surface area contributed by atoms with Crippen LogP contribution in [0, 0.1) is 6.92 Å². The van der Waals surface area contributed by atoms with E-state index in [4.69, 9.17) is 0 Å². The number of nitrogens with zero attached hydrogens (tertiary/aromatic N) is 1. The second kappa shape index (κ2) is 9.62. The first kappa shape index (κ1) is 20.3. The maximum Gasteiger partial charge on any atom is 0.263 e. The number of para-hydroxylation sites is 1. The van der Waals surface area contributed by atoms with Crippen molar-refractivity contribution in [1.82, 2.24) is 0 Å². The zero-order chi connectivity index (χ0) is 19.0. The molecule has 0 saturated carbocycles. The van der Waals surface area contributed by atoms with Crippen molar-refractivity contribution in [3.63, 3.8) is 0 Å². The van der Waals surface area contributed by atoms with Gasteiger partial charge in [0.25, 0.3) is 10.0 Å². The molecule has 0 unspecified atom stereocenters. The van der Waals surface area contributed by atoms with E-state index in [1.54, 1.807) is 18.2 Å². The molecular weight excluding hydrogens is 344 g/mol. The van der Waals surface area contributed by atoms with Gasteiger partial charge in [-0.1, -0.05) is 51.0 Å². The quantitative estimate of drug-likeness (QED) is 0.621. The lowest BCUT2D eigenvalue weighted by molar-refractivity contribution is 0.599. The molecule has 0 heterocycles. The number of rotatable bonds is 10.